The maximum Gasteiger partial charge on any atom is 0.331 e. The molecule has 1 aliphatic heterocycles. The van der Waals surface area contributed by atoms with Crippen molar-refractivity contribution in [3.8, 4) is 22.9 Å². The van der Waals surface area contributed by atoms with E-state index in [4.69, 9.17) is 18.7 Å². The van der Waals surface area contributed by atoms with E-state index in [9.17, 15) is 4.79 Å². The summed E-state index contributed by atoms with van der Waals surface area (Å²) in [5, 5.41) is 3.89. The third-order valence-corrected chi connectivity index (χ3v) is 4.02. The molecule has 3 aromatic rings. The van der Waals surface area contributed by atoms with E-state index in [1.165, 1.54) is 6.08 Å². The summed E-state index contributed by atoms with van der Waals surface area (Å²) in [6.45, 7) is 1.15. The van der Waals surface area contributed by atoms with Crippen molar-refractivity contribution in [3.05, 3.63) is 66.1 Å². The monoisotopic (exact) mass is 378 g/mol. The molecule has 28 heavy (non-hydrogen) atoms. The molecule has 0 saturated heterocycles. The number of carbonyl (C=O) groups excluding carboxylic acids is 1. The van der Waals surface area contributed by atoms with Gasteiger partial charge in [0.25, 0.3) is 5.89 Å². The van der Waals surface area contributed by atoms with Crippen LogP contribution in [0.1, 0.15) is 17.9 Å². The van der Waals surface area contributed by atoms with Gasteiger partial charge in [-0.1, -0.05) is 41.6 Å². The summed E-state index contributed by atoms with van der Waals surface area (Å²) in [4.78, 5) is 16.2. The fraction of sp³-hybridized carbons (Fsp3) is 0.190. The van der Waals surface area contributed by atoms with Crippen molar-refractivity contribution in [2.75, 3.05) is 13.2 Å². The normalized spacial score (nSPS) is 13.3. The molecule has 0 N–H and O–H groups in total. The molecule has 4 rings (SSSR count). The predicted octanol–water partition coefficient (Wildman–Crippen LogP) is 3.65. The van der Waals surface area contributed by atoms with Crippen molar-refractivity contribution >= 4 is 12.0 Å². The molecule has 0 saturated carbocycles. The molecular weight excluding hydrogens is 360 g/mol. The zero-order chi connectivity index (χ0) is 19.2. The predicted molar refractivity (Wildman–Crippen MR) is 101 cm³/mol. The van der Waals surface area contributed by atoms with Crippen LogP contribution in [-0.2, 0) is 16.1 Å². The minimum Gasteiger partial charge on any atom is -0.490 e. The molecule has 142 valence electrons. The molecule has 0 aliphatic carbocycles. The Morgan fingerprint density at radius 3 is 2.75 bits per heavy atom. The van der Waals surface area contributed by atoms with Gasteiger partial charge in [-0.25, -0.2) is 4.79 Å². The fourth-order valence-electron chi connectivity index (χ4n) is 2.65. The van der Waals surface area contributed by atoms with E-state index < -0.39 is 5.97 Å². The molecule has 2 heterocycles. The van der Waals surface area contributed by atoms with Crippen LogP contribution in [-0.4, -0.2) is 29.3 Å². The maximum atomic E-state index is 12.0. The Hall–Kier alpha value is -3.61. The van der Waals surface area contributed by atoms with Gasteiger partial charge in [-0.05, 0) is 23.8 Å². The lowest BCUT2D eigenvalue weighted by Crippen LogP contribution is -2.01. The SMILES string of the molecule is O=C(/C=C/c1ccc2c(c1)OCCCO2)OCc1nc(-c2ccccc2)no1. The summed E-state index contributed by atoms with van der Waals surface area (Å²) in [5.41, 5.74) is 1.64. The molecule has 2 aromatic carbocycles. The first-order valence-corrected chi connectivity index (χ1v) is 8.90. The molecule has 1 aliphatic rings. The van der Waals surface area contributed by atoms with Crippen LogP contribution in [0.4, 0.5) is 0 Å². The van der Waals surface area contributed by atoms with E-state index in [1.807, 2.05) is 48.5 Å². The number of fused-ring (bicyclic) bond motifs is 1. The Bertz CT molecular complexity index is 981. The first kappa shape index (κ1) is 17.8. The number of esters is 1. The van der Waals surface area contributed by atoms with Crippen molar-refractivity contribution in [2.45, 2.75) is 13.0 Å². The van der Waals surface area contributed by atoms with Crippen LogP contribution in [0.25, 0.3) is 17.5 Å². The number of carbonyl (C=O) groups is 1. The van der Waals surface area contributed by atoms with Gasteiger partial charge in [-0.2, -0.15) is 4.98 Å². The standard InChI is InChI=1S/C21H18N2O5/c24-20(10-8-15-7-9-17-18(13-15)26-12-4-11-25-17)27-14-19-22-21(23-28-19)16-5-2-1-3-6-16/h1-3,5-10,13H,4,11-12,14H2/b10-8+. The zero-order valence-corrected chi connectivity index (χ0v) is 15.0. The molecule has 7 nitrogen and oxygen atoms in total. The second-order valence-corrected chi connectivity index (χ2v) is 6.08. The number of benzene rings is 2. The van der Waals surface area contributed by atoms with Gasteiger partial charge in [-0.15, -0.1) is 0 Å². The largest absolute Gasteiger partial charge is 0.490 e. The summed E-state index contributed by atoms with van der Waals surface area (Å²) >= 11 is 0. The molecule has 0 fully saturated rings. The minimum atomic E-state index is -0.508. The molecule has 0 unspecified atom stereocenters. The first-order chi connectivity index (χ1) is 13.8. The highest BCUT2D eigenvalue weighted by molar-refractivity contribution is 5.87. The molecule has 0 atom stereocenters. The van der Waals surface area contributed by atoms with Gasteiger partial charge in [0.15, 0.2) is 18.1 Å². The highest BCUT2D eigenvalue weighted by Gasteiger charge is 2.11. The smallest absolute Gasteiger partial charge is 0.331 e. The van der Waals surface area contributed by atoms with Crippen LogP contribution in [0.15, 0.2) is 59.1 Å². The van der Waals surface area contributed by atoms with Crippen LogP contribution < -0.4 is 9.47 Å². The quantitative estimate of drug-likeness (QED) is 0.495. The summed E-state index contributed by atoms with van der Waals surface area (Å²) in [6, 6.07) is 14.9. The van der Waals surface area contributed by atoms with E-state index in [-0.39, 0.29) is 12.5 Å². The Kier molecular flexibility index (Phi) is 5.33. The fourth-order valence-corrected chi connectivity index (χ4v) is 2.65. The first-order valence-electron chi connectivity index (χ1n) is 8.90. The van der Waals surface area contributed by atoms with Crippen molar-refractivity contribution < 1.29 is 23.5 Å². The van der Waals surface area contributed by atoms with E-state index in [0.29, 0.717) is 30.5 Å². The van der Waals surface area contributed by atoms with Crippen LogP contribution in [0.5, 0.6) is 11.5 Å². The maximum absolute atomic E-state index is 12.0. The Morgan fingerprint density at radius 2 is 1.89 bits per heavy atom. The van der Waals surface area contributed by atoms with Crippen LogP contribution in [0.2, 0.25) is 0 Å². The van der Waals surface area contributed by atoms with Crippen LogP contribution in [0.3, 0.4) is 0 Å². The molecule has 7 heteroatoms. The van der Waals surface area contributed by atoms with Crippen molar-refractivity contribution in [3.63, 3.8) is 0 Å². The van der Waals surface area contributed by atoms with Gasteiger partial charge in [0.2, 0.25) is 5.82 Å². The lowest BCUT2D eigenvalue weighted by Gasteiger charge is -2.07. The summed E-state index contributed by atoms with van der Waals surface area (Å²) in [6.07, 6.45) is 3.83. The minimum absolute atomic E-state index is 0.0931. The third kappa shape index (κ3) is 4.37. The molecule has 0 spiro atoms. The molecular formula is C21H18N2O5. The number of ether oxygens (including phenoxy) is 3. The van der Waals surface area contributed by atoms with Crippen molar-refractivity contribution in [2.24, 2.45) is 0 Å². The summed E-state index contributed by atoms with van der Waals surface area (Å²) in [5.74, 6) is 1.56. The molecule has 0 radical (unpaired) electrons. The van der Waals surface area contributed by atoms with Crippen LogP contribution >= 0.6 is 0 Å². The summed E-state index contributed by atoms with van der Waals surface area (Å²) < 4.78 is 21.5. The van der Waals surface area contributed by atoms with E-state index in [1.54, 1.807) is 6.08 Å². The molecule has 1 aromatic heterocycles. The number of hydrogen-bond donors (Lipinski definition) is 0. The Labute approximate surface area is 161 Å². The third-order valence-electron chi connectivity index (χ3n) is 4.02. The van der Waals surface area contributed by atoms with Crippen molar-refractivity contribution in [1.29, 1.82) is 0 Å². The summed E-state index contributed by atoms with van der Waals surface area (Å²) in [7, 11) is 0. The lowest BCUT2D eigenvalue weighted by atomic mass is 10.2. The number of nitrogens with zero attached hydrogens (tertiary/aromatic N) is 2. The van der Waals surface area contributed by atoms with E-state index in [2.05, 4.69) is 10.1 Å². The van der Waals surface area contributed by atoms with Gasteiger partial charge in [0, 0.05) is 18.1 Å². The highest BCUT2D eigenvalue weighted by atomic mass is 16.6. The lowest BCUT2D eigenvalue weighted by molar-refractivity contribution is -0.139. The Balaban J connectivity index is 1.33. The molecule has 0 bridgehead atoms. The van der Waals surface area contributed by atoms with Crippen LogP contribution in [0, 0.1) is 0 Å². The second kappa shape index (κ2) is 8.39. The number of hydrogen-bond acceptors (Lipinski definition) is 7. The highest BCUT2D eigenvalue weighted by Crippen LogP contribution is 2.30. The van der Waals surface area contributed by atoms with Gasteiger partial charge in [-0.3, -0.25) is 0 Å². The van der Waals surface area contributed by atoms with Gasteiger partial charge >= 0.3 is 5.97 Å². The van der Waals surface area contributed by atoms with Gasteiger partial charge in [0.1, 0.15) is 0 Å². The number of aromatic nitrogens is 2. The molecule has 0 amide bonds. The number of rotatable bonds is 5. The average molecular weight is 378 g/mol. The topological polar surface area (TPSA) is 83.7 Å². The van der Waals surface area contributed by atoms with Gasteiger partial charge in [0.05, 0.1) is 13.2 Å². The van der Waals surface area contributed by atoms with Crippen molar-refractivity contribution in [1.82, 2.24) is 10.1 Å². The second-order valence-electron chi connectivity index (χ2n) is 6.08. The zero-order valence-electron chi connectivity index (χ0n) is 15.0. The average Bonchev–Trinajstić information content (AvgIpc) is 3.09. The Morgan fingerprint density at radius 1 is 1.07 bits per heavy atom. The van der Waals surface area contributed by atoms with Gasteiger partial charge < -0.3 is 18.7 Å². The van der Waals surface area contributed by atoms with E-state index in [0.717, 1.165) is 17.5 Å². The van der Waals surface area contributed by atoms with E-state index >= 15 is 0 Å².